The van der Waals surface area contributed by atoms with Crippen LogP contribution >= 0.6 is 0 Å². The van der Waals surface area contributed by atoms with E-state index in [0.717, 1.165) is 32.7 Å². The highest BCUT2D eigenvalue weighted by Gasteiger charge is 2.15. The van der Waals surface area contributed by atoms with Crippen molar-refractivity contribution in [3.8, 4) is 0 Å². The SMILES string of the molecule is COCCNCC(O)CN1CCCN(C)CC1. The van der Waals surface area contributed by atoms with Crippen molar-refractivity contribution in [3.63, 3.8) is 0 Å². The number of hydrogen-bond acceptors (Lipinski definition) is 5. The van der Waals surface area contributed by atoms with Gasteiger partial charge in [-0.2, -0.15) is 0 Å². The Morgan fingerprint density at radius 1 is 1.29 bits per heavy atom. The third-order valence-corrected chi connectivity index (χ3v) is 3.14. The predicted octanol–water partition coefficient (Wildman–Crippen LogP) is -0.779. The van der Waals surface area contributed by atoms with E-state index in [1.54, 1.807) is 7.11 Å². The molecule has 0 aliphatic carbocycles. The van der Waals surface area contributed by atoms with Crippen LogP contribution < -0.4 is 5.32 Å². The number of ether oxygens (including phenoxy) is 1. The molecule has 1 rings (SSSR count). The summed E-state index contributed by atoms with van der Waals surface area (Å²) in [7, 11) is 3.85. The Morgan fingerprint density at radius 3 is 2.88 bits per heavy atom. The Bertz CT molecular complexity index is 193. The monoisotopic (exact) mass is 245 g/mol. The average molecular weight is 245 g/mol. The molecular formula is C12H27N3O2. The largest absolute Gasteiger partial charge is 0.390 e. The molecule has 5 nitrogen and oxygen atoms in total. The van der Waals surface area contributed by atoms with Gasteiger partial charge in [-0.1, -0.05) is 0 Å². The number of rotatable bonds is 7. The molecule has 1 unspecified atom stereocenters. The highest BCUT2D eigenvalue weighted by molar-refractivity contribution is 4.71. The van der Waals surface area contributed by atoms with E-state index in [2.05, 4.69) is 22.2 Å². The molecule has 0 radical (unpaired) electrons. The van der Waals surface area contributed by atoms with Gasteiger partial charge in [0.2, 0.25) is 0 Å². The molecule has 1 aliphatic rings. The minimum Gasteiger partial charge on any atom is -0.390 e. The normalized spacial score (nSPS) is 21.4. The van der Waals surface area contributed by atoms with Crippen LogP contribution in [0.1, 0.15) is 6.42 Å². The lowest BCUT2D eigenvalue weighted by molar-refractivity contribution is 0.110. The maximum absolute atomic E-state index is 9.90. The van der Waals surface area contributed by atoms with Gasteiger partial charge in [-0.05, 0) is 26.6 Å². The summed E-state index contributed by atoms with van der Waals surface area (Å²) in [6.45, 7) is 7.34. The highest BCUT2D eigenvalue weighted by Crippen LogP contribution is 2.01. The third kappa shape index (κ3) is 6.95. The molecule has 0 aromatic rings. The van der Waals surface area contributed by atoms with Crippen LogP contribution in [-0.4, -0.2) is 87.6 Å². The van der Waals surface area contributed by atoms with Crippen LogP contribution in [0.2, 0.25) is 0 Å². The Kier molecular flexibility index (Phi) is 7.72. The van der Waals surface area contributed by atoms with Gasteiger partial charge in [0, 0.05) is 39.8 Å². The van der Waals surface area contributed by atoms with Gasteiger partial charge >= 0.3 is 0 Å². The standard InChI is InChI=1S/C12H27N3O2/c1-14-5-3-6-15(8-7-14)11-12(16)10-13-4-9-17-2/h12-13,16H,3-11H2,1-2H3. The summed E-state index contributed by atoms with van der Waals surface area (Å²) < 4.78 is 4.94. The molecule has 1 saturated heterocycles. The smallest absolute Gasteiger partial charge is 0.0791 e. The summed E-state index contributed by atoms with van der Waals surface area (Å²) in [5.74, 6) is 0. The molecule has 2 N–H and O–H groups in total. The molecule has 0 bridgehead atoms. The summed E-state index contributed by atoms with van der Waals surface area (Å²) in [6, 6.07) is 0. The molecule has 0 aromatic carbocycles. The molecule has 17 heavy (non-hydrogen) atoms. The van der Waals surface area contributed by atoms with E-state index in [1.807, 2.05) is 0 Å². The van der Waals surface area contributed by atoms with Crippen LogP contribution in [0.3, 0.4) is 0 Å². The number of hydrogen-bond donors (Lipinski definition) is 2. The molecule has 5 heteroatoms. The van der Waals surface area contributed by atoms with Crippen molar-refractivity contribution in [1.82, 2.24) is 15.1 Å². The second kappa shape index (κ2) is 8.83. The Hall–Kier alpha value is -0.200. The van der Waals surface area contributed by atoms with E-state index in [-0.39, 0.29) is 6.10 Å². The molecule has 0 amide bonds. The fraction of sp³-hybridized carbons (Fsp3) is 1.00. The van der Waals surface area contributed by atoms with E-state index in [4.69, 9.17) is 4.74 Å². The lowest BCUT2D eigenvalue weighted by Gasteiger charge is -2.23. The third-order valence-electron chi connectivity index (χ3n) is 3.14. The van der Waals surface area contributed by atoms with Gasteiger partial charge in [-0.3, -0.25) is 4.90 Å². The number of β-amino-alcohol motifs (C(OH)–C–C–N with tert-alkyl or cyclic N) is 1. The molecular weight excluding hydrogens is 218 g/mol. The first-order valence-corrected chi connectivity index (χ1v) is 6.51. The molecule has 0 saturated carbocycles. The van der Waals surface area contributed by atoms with Crippen molar-refractivity contribution >= 4 is 0 Å². The highest BCUT2D eigenvalue weighted by atomic mass is 16.5. The van der Waals surface area contributed by atoms with Crippen LogP contribution in [0.25, 0.3) is 0 Å². The lowest BCUT2D eigenvalue weighted by Crippen LogP contribution is -2.40. The lowest BCUT2D eigenvalue weighted by atomic mass is 10.3. The number of nitrogens with one attached hydrogen (secondary N) is 1. The van der Waals surface area contributed by atoms with E-state index in [9.17, 15) is 5.11 Å². The van der Waals surface area contributed by atoms with Crippen molar-refractivity contribution in [1.29, 1.82) is 0 Å². The first-order valence-electron chi connectivity index (χ1n) is 6.51. The quantitative estimate of drug-likeness (QED) is 0.576. The van der Waals surface area contributed by atoms with Crippen molar-refractivity contribution < 1.29 is 9.84 Å². The van der Waals surface area contributed by atoms with E-state index < -0.39 is 0 Å². The zero-order valence-corrected chi connectivity index (χ0v) is 11.2. The number of aliphatic hydroxyl groups excluding tert-OH is 1. The maximum atomic E-state index is 9.90. The minimum absolute atomic E-state index is 0.282. The molecule has 1 heterocycles. The Morgan fingerprint density at radius 2 is 2.12 bits per heavy atom. The first-order chi connectivity index (χ1) is 8.22. The Labute approximate surface area is 105 Å². The van der Waals surface area contributed by atoms with Gasteiger partial charge in [0.15, 0.2) is 0 Å². The van der Waals surface area contributed by atoms with Crippen LogP contribution in [0.4, 0.5) is 0 Å². The predicted molar refractivity (Wildman–Crippen MR) is 69.3 cm³/mol. The minimum atomic E-state index is -0.282. The second-order valence-electron chi connectivity index (χ2n) is 4.81. The van der Waals surface area contributed by atoms with E-state index in [1.165, 1.54) is 13.0 Å². The molecule has 102 valence electrons. The van der Waals surface area contributed by atoms with Crippen LogP contribution in [0, 0.1) is 0 Å². The van der Waals surface area contributed by atoms with E-state index in [0.29, 0.717) is 13.2 Å². The number of methoxy groups -OCH3 is 1. The molecule has 1 fully saturated rings. The number of nitrogens with zero attached hydrogens (tertiary/aromatic N) is 2. The first kappa shape index (κ1) is 14.9. The number of aliphatic hydroxyl groups is 1. The Balaban J connectivity index is 2.10. The summed E-state index contributed by atoms with van der Waals surface area (Å²) in [6.07, 6.45) is 0.913. The summed E-state index contributed by atoms with van der Waals surface area (Å²) in [5, 5.41) is 13.1. The maximum Gasteiger partial charge on any atom is 0.0791 e. The van der Waals surface area contributed by atoms with Crippen molar-refractivity contribution in [2.45, 2.75) is 12.5 Å². The molecule has 0 aromatic heterocycles. The molecule has 0 spiro atoms. The summed E-state index contributed by atoms with van der Waals surface area (Å²) in [4.78, 5) is 4.70. The fourth-order valence-corrected chi connectivity index (χ4v) is 2.09. The summed E-state index contributed by atoms with van der Waals surface area (Å²) in [5.41, 5.74) is 0. The van der Waals surface area contributed by atoms with Gasteiger partial charge in [0.1, 0.15) is 0 Å². The number of likely N-dealkylation sites (N-methyl/N-ethyl adjacent to an activating group) is 1. The molecule has 1 aliphatic heterocycles. The summed E-state index contributed by atoms with van der Waals surface area (Å²) >= 11 is 0. The molecule has 1 atom stereocenters. The fourth-order valence-electron chi connectivity index (χ4n) is 2.09. The van der Waals surface area contributed by atoms with Crippen LogP contribution in [0.15, 0.2) is 0 Å². The zero-order chi connectivity index (χ0) is 12.5. The van der Waals surface area contributed by atoms with Gasteiger partial charge in [0.25, 0.3) is 0 Å². The van der Waals surface area contributed by atoms with Gasteiger partial charge in [-0.15, -0.1) is 0 Å². The van der Waals surface area contributed by atoms with Gasteiger partial charge < -0.3 is 20.1 Å². The topological polar surface area (TPSA) is 48.0 Å². The van der Waals surface area contributed by atoms with Crippen molar-refractivity contribution in [3.05, 3.63) is 0 Å². The van der Waals surface area contributed by atoms with Crippen molar-refractivity contribution in [2.24, 2.45) is 0 Å². The average Bonchev–Trinajstić information content (AvgIpc) is 2.50. The van der Waals surface area contributed by atoms with E-state index >= 15 is 0 Å². The second-order valence-corrected chi connectivity index (χ2v) is 4.81. The van der Waals surface area contributed by atoms with Crippen LogP contribution in [-0.2, 0) is 4.74 Å². The van der Waals surface area contributed by atoms with Crippen LogP contribution in [0.5, 0.6) is 0 Å². The van der Waals surface area contributed by atoms with Gasteiger partial charge in [0.05, 0.1) is 12.7 Å². The zero-order valence-electron chi connectivity index (χ0n) is 11.2. The van der Waals surface area contributed by atoms with Crippen molar-refractivity contribution in [2.75, 3.05) is 66.6 Å². The van der Waals surface area contributed by atoms with Gasteiger partial charge in [-0.25, -0.2) is 0 Å².